The van der Waals surface area contributed by atoms with Crippen LogP contribution in [0.15, 0.2) is 18.2 Å². The summed E-state index contributed by atoms with van der Waals surface area (Å²) in [6, 6.07) is 6.29. The quantitative estimate of drug-likeness (QED) is 0.838. The predicted octanol–water partition coefficient (Wildman–Crippen LogP) is 2.35. The first-order chi connectivity index (χ1) is 9.56. The van der Waals surface area contributed by atoms with E-state index in [4.69, 9.17) is 5.73 Å². The van der Waals surface area contributed by atoms with Crippen LogP contribution in [0.3, 0.4) is 0 Å². The smallest absolute Gasteiger partial charge is 0.253 e. The Hall–Kier alpha value is -1.71. The summed E-state index contributed by atoms with van der Waals surface area (Å²) < 4.78 is 0. The lowest BCUT2D eigenvalue weighted by atomic mass is 10.1. The lowest BCUT2D eigenvalue weighted by molar-refractivity contribution is 0.0827. The van der Waals surface area contributed by atoms with E-state index in [0.717, 1.165) is 29.4 Å². The van der Waals surface area contributed by atoms with E-state index < -0.39 is 0 Å². The van der Waals surface area contributed by atoms with E-state index in [2.05, 4.69) is 4.90 Å². The number of nitrogens with two attached hydrogens (primary N) is 1. The van der Waals surface area contributed by atoms with Gasteiger partial charge in [-0.05, 0) is 49.8 Å². The van der Waals surface area contributed by atoms with Crippen molar-refractivity contribution in [1.82, 2.24) is 4.90 Å². The Morgan fingerprint density at radius 1 is 1.25 bits per heavy atom. The van der Waals surface area contributed by atoms with Crippen LogP contribution in [-0.4, -0.2) is 37.5 Å². The number of amides is 1. The number of rotatable bonds is 5. The molecule has 2 saturated carbocycles. The summed E-state index contributed by atoms with van der Waals surface area (Å²) >= 11 is 0. The first-order valence-electron chi connectivity index (χ1n) is 7.44. The normalized spacial score (nSPS) is 17.9. The Morgan fingerprint density at radius 3 is 2.50 bits per heavy atom. The van der Waals surface area contributed by atoms with Crippen molar-refractivity contribution < 1.29 is 4.79 Å². The maximum Gasteiger partial charge on any atom is 0.253 e. The molecule has 2 aliphatic rings. The fourth-order valence-corrected chi connectivity index (χ4v) is 2.59. The Balaban J connectivity index is 1.89. The topological polar surface area (TPSA) is 49.6 Å². The van der Waals surface area contributed by atoms with Gasteiger partial charge in [-0.15, -0.1) is 0 Å². The number of nitrogens with zero attached hydrogens (tertiary/aromatic N) is 2. The average Bonchev–Trinajstić information content (AvgIpc) is 3.27. The van der Waals surface area contributed by atoms with Gasteiger partial charge in [0.25, 0.3) is 5.91 Å². The second-order valence-electron chi connectivity index (χ2n) is 6.30. The van der Waals surface area contributed by atoms with Gasteiger partial charge in [0, 0.05) is 32.2 Å². The molecule has 4 heteroatoms. The molecule has 0 radical (unpaired) electrons. The molecular weight excluding hydrogens is 250 g/mol. The molecule has 1 aromatic carbocycles. The van der Waals surface area contributed by atoms with Crippen molar-refractivity contribution >= 4 is 17.3 Å². The number of hydrogen-bond donors (Lipinski definition) is 1. The number of anilines is 2. The van der Waals surface area contributed by atoms with Gasteiger partial charge in [-0.25, -0.2) is 0 Å². The molecule has 2 fully saturated rings. The standard InChI is InChI=1S/C16H23N3O/c1-18(2)16(20)12-5-8-14(17)15(9-12)19(13-6-7-13)10-11-3-4-11/h5,8-9,11,13H,3-4,6-7,10,17H2,1-2H3. The van der Waals surface area contributed by atoms with Crippen LogP contribution >= 0.6 is 0 Å². The van der Waals surface area contributed by atoms with Crippen LogP contribution in [0.4, 0.5) is 11.4 Å². The molecule has 0 unspecified atom stereocenters. The number of benzene rings is 1. The molecule has 4 nitrogen and oxygen atoms in total. The van der Waals surface area contributed by atoms with Gasteiger partial charge in [-0.3, -0.25) is 4.79 Å². The van der Waals surface area contributed by atoms with Crippen molar-refractivity contribution in [2.24, 2.45) is 5.92 Å². The summed E-state index contributed by atoms with van der Waals surface area (Å²) in [7, 11) is 3.56. The molecule has 0 spiro atoms. The minimum Gasteiger partial charge on any atom is -0.397 e. The molecule has 0 heterocycles. The van der Waals surface area contributed by atoms with Gasteiger partial charge in [0.1, 0.15) is 0 Å². The van der Waals surface area contributed by atoms with Crippen LogP contribution in [0.2, 0.25) is 0 Å². The van der Waals surface area contributed by atoms with E-state index in [1.807, 2.05) is 18.2 Å². The molecule has 20 heavy (non-hydrogen) atoms. The zero-order valence-corrected chi connectivity index (χ0v) is 12.3. The summed E-state index contributed by atoms with van der Waals surface area (Å²) in [5, 5.41) is 0. The summed E-state index contributed by atoms with van der Waals surface area (Å²) in [6.45, 7) is 1.09. The van der Waals surface area contributed by atoms with Gasteiger partial charge in [0.15, 0.2) is 0 Å². The van der Waals surface area contributed by atoms with Crippen molar-refractivity contribution in [1.29, 1.82) is 0 Å². The Bertz CT molecular complexity index is 518. The van der Waals surface area contributed by atoms with Crippen molar-refractivity contribution in [2.75, 3.05) is 31.3 Å². The lowest BCUT2D eigenvalue weighted by Gasteiger charge is -2.27. The van der Waals surface area contributed by atoms with Gasteiger partial charge < -0.3 is 15.5 Å². The number of carbonyl (C=O) groups excluding carboxylic acids is 1. The molecule has 0 saturated heterocycles. The molecule has 2 aliphatic carbocycles. The molecule has 108 valence electrons. The van der Waals surface area contributed by atoms with E-state index in [1.54, 1.807) is 19.0 Å². The molecular formula is C16H23N3O. The monoisotopic (exact) mass is 273 g/mol. The maximum atomic E-state index is 12.1. The van der Waals surface area contributed by atoms with Gasteiger partial charge in [-0.2, -0.15) is 0 Å². The minimum absolute atomic E-state index is 0.0356. The average molecular weight is 273 g/mol. The van der Waals surface area contributed by atoms with E-state index in [9.17, 15) is 4.79 Å². The molecule has 1 amide bonds. The first kappa shape index (κ1) is 13.3. The molecule has 3 rings (SSSR count). The second kappa shape index (κ2) is 5.00. The van der Waals surface area contributed by atoms with E-state index >= 15 is 0 Å². The number of hydrogen-bond acceptors (Lipinski definition) is 3. The zero-order valence-electron chi connectivity index (χ0n) is 12.3. The summed E-state index contributed by atoms with van der Waals surface area (Å²) in [4.78, 5) is 16.2. The van der Waals surface area contributed by atoms with Crippen molar-refractivity contribution in [3.8, 4) is 0 Å². The fraction of sp³-hybridized carbons (Fsp3) is 0.562. The highest BCUT2D eigenvalue weighted by atomic mass is 16.2. The van der Waals surface area contributed by atoms with Crippen molar-refractivity contribution in [3.05, 3.63) is 23.8 Å². The largest absolute Gasteiger partial charge is 0.397 e. The molecule has 0 aromatic heterocycles. The summed E-state index contributed by atoms with van der Waals surface area (Å²) in [5.74, 6) is 0.858. The van der Waals surface area contributed by atoms with E-state index in [-0.39, 0.29) is 5.91 Å². The van der Waals surface area contributed by atoms with Crippen LogP contribution in [0.5, 0.6) is 0 Å². The van der Waals surface area contributed by atoms with E-state index in [1.165, 1.54) is 25.7 Å². The minimum atomic E-state index is 0.0356. The molecule has 0 aliphatic heterocycles. The van der Waals surface area contributed by atoms with E-state index in [0.29, 0.717) is 6.04 Å². The Kier molecular flexibility index (Phi) is 3.32. The first-order valence-corrected chi connectivity index (χ1v) is 7.44. The zero-order chi connectivity index (χ0) is 14.3. The highest BCUT2D eigenvalue weighted by Crippen LogP contribution is 2.39. The summed E-state index contributed by atoms with van der Waals surface area (Å²) in [5.41, 5.74) is 8.72. The number of carbonyl (C=O) groups is 1. The van der Waals surface area contributed by atoms with Crippen LogP contribution in [0.1, 0.15) is 36.0 Å². The molecule has 0 bridgehead atoms. The molecule has 2 N–H and O–H groups in total. The third kappa shape index (κ3) is 2.74. The van der Waals surface area contributed by atoms with Crippen LogP contribution < -0.4 is 10.6 Å². The lowest BCUT2D eigenvalue weighted by Crippen LogP contribution is -2.29. The van der Waals surface area contributed by atoms with Crippen molar-refractivity contribution in [3.63, 3.8) is 0 Å². The Morgan fingerprint density at radius 2 is 1.95 bits per heavy atom. The second-order valence-corrected chi connectivity index (χ2v) is 6.30. The highest BCUT2D eigenvalue weighted by molar-refractivity contribution is 5.96. The van der Waals surface area contributed by atoms with Gasteiger partial charge in [0.2, 0.25) is 0 Å². The Labute approximate surface area is 120 Å². The maximum absolute atomic E-state index is 12.1. The molecule has 0 atom stereocenters. The van der Waals surface area contributed by atoms with Crippen molar-refractivity contribution in [2.45, 2.75) is 31.7 Å². The van der Waals surface area contributed by atoms with Gasteiger partial charge in [0.05, 0.1) is 11.4 Å². The van der Waals surface area contributed by atoms with Crippen LogP contribution in [0.25, 0.3) is 0 Å². The van der Waals surface area contributed by atoms with Gasteiger partial charge in [-0.1, -0.05) is 0 Å². The predicted molar refractivity (Wildman–Crippen MR) is 82.0 cm³/mol. The highest BCUT2D eigenvalue weighted by Gasteiger charge is 2.34. The van der Waals surface area contributed by atoms with Crippen LogP contribution in [-0.2, 0) is 0 Å². The molecule has 1 aromatic rings. The van der Waals surface area contributed by atoms with Gasteiger partial charge >= 0.3 is 0 Å². The summed E-state index contributed by atoms with van der Waals surface area (Å²) in [6.07, 6.45) is 5.16. The SMILES string of the molecule is CN(C)C(=O)c1ccc(N)c(N(CC2CC2)C2CC2)c1. The number of nitrogen functional groups attached to an aromatic ring is 1. The van der Waals surface area contributed by atoms with Crippen LogP contribution in [0, 0.1) is 5.92 Å². The third-order valence-electron chi connectivity index (χ3n) is 4.13. The third-order valence-corrected chi connectivity index (χ3v) is 4.13. The fourth-order valence-electron chi connectivity index (χ4n) is 2.59.